The number of amides is 2. The summed E-state index contributed by atoms with van der Waals surface area (Å²) in [5.41, 5.74) is 2.87. The molecule has 29 heavy (non-hydrogen) atoms. The van der Waals surface area contributed by atoms with Gasteiger partial charge in [0.15, 0.2) is 0 Å². The van der Waals surface area contributed by atoms with Gasteiger partial charge in [-0.2, -0.15) is 5.21 Å². The summed E-state index contributed by atoms with van der Waals surface area (Å²) in [6.07, 6.45) is 0. The number of halogens is 2. The van der Waals surface area contributed by atoms with Crippen molar-refractivity contribution in [2.45, 2.75) is 0 Å². The number of nitrogens with zero attached hydrogens (tertiary/aromatic N) is 3. The molecule has 0 saturated heterocycles. The minimum absolute atomic E-state index is 0.0731. The zero-order chi connectivity index (χ0) is 20.2. The molecule has 3 aromatic carbocycles. The standard InChI is InChI=1S/C20H14ClFN6O/c21-14-8-5-12(6-9-14)13-7-10-17(15(11-13)19-25-27-28-26-19)23-20(29)24-18-4-2-1-3-16(18)22/h1-11H,(H2,23,24,29)(H,25,26,27,28). The first kappa shape index (κ1) is 18.6. The van der Waals surface area contributed by atoms with E-state index >= 15 is 0 Å². The van der Waals surface area contributed by atoms with Gasteiger partial charge in [-0.3, -0.25) is 0 Å². The van der Waals surface area contributed by atoms with Gasteiger partial charge in [-0.25, -0.2) is 9.18 Å². The first-order chi connectivity index (χ1) is 14.1. The topological polar surface area (TPSA) is 95.6 Å². The average Bonchev–Trinajstić information content (AvgIpc) is 3.25. The zero-order valence-electron chi connectivity index (χ0n) is 14.9. The van der Waals surface area contributed by atoms with Crippen LogP contribution >= 0.6 is 11.6 Å². The van der Waals surface area contributed by atoms with E-state index in [1.165, 1.54) is 12.1 Å². The van der Waals surface area contributed by atoms with Crippen LogP contribution in [0.3, 0.4) is 0 Å². The largest absolute Gasteiger partial charge is 0.323 e. The predicted molar refractivity (Wildman–Crippen MR) is 109 cm³/mol. The molecule has 1 heterocycles. The molecule has 0 saturated carbocycles. The molecule has 0 spiro atoms. The van der Waals surface area contributed by atoms with Crippen LogP contribution in [0.4, 0.5) is 20.6 Å². The van der Waals surface area contributed by atoms with Crippen LogP contribution in [0.5, 0.6) is 0 Å². The fourth-order valence-corrected chi connectivity index (χ4v) is 2.90. The lowest BCUT2D eigenvalue weighted by Crippen LogP contribution is -2.20. The summed E-state index contributed by atoms with van der Waals surface area (Å²) in [6, 6.07) is 18.0. The van der Waals surface area contributed by atoms with Gasteiger partial charge in [0, 0.05) is 10.6 Å². The minimum Gasteiger partial charge on any atom is -0.307 e. The molecule has 2 amide bonds. The van der Waals surface area contributed by atoms with Gasteiger partial charge >= 0.3 is 6.03 Å². The Hall–Kier alpha value is -3.78. The number of aromatic amines is 1. The van der Waals surface area contributed by atoms with Crippen LogP contribution in [0, 0.1) is 5.82 Å². The third kappa shape index (κ3) is 4.22. The molecule has 0 atom stereocenters. The summed E-state index contributed by atoms with van der Waals surface area (Å²) in [5.74, 6) is -0.221. The highest BCUT2D eigenvalue weighted by Gasteiger charge is 2.14. The van der Waals surface area contributed by atoms with Gasteiger partial charge in [-0.15, -0.1) is 10.2 Å². The van der Waals surface area contributed by atoms with Crippen molar-refractivity contribution < 1.29 is 9.18 Å². The van der Waals surface area contributed by atoms with Crippen molar-refractivity contribution in [3.63, 3.8) is 0 Å². The number of aromatic nitrogens is 4. The Labute approximate surface area is 169 Å². The first-order valence-corrected chi connectivity index (χ1v) is 8.94. The number of hydrogen-bond donors (Lipinski definition) is 3. The number of hydrogen-bond acceptors (Lipinski definition) is 4. The Bertz CT molecular complexity index is 1150. The van der Waals surface area contributed by atoms with Crippen LogP contribution in [-0.4, -0.2) is 26.7 Å². The van der Waals surface area contributed by atoms with E-state index in [0.29, 0.717) is 22.1 Å². The number of tetrazole rings is 1. The van der Waals surface area contributed by atoms with E-state index in [2.05, 4.69) is 31.3 Å². The highest BCUT2D eigenvalue weighted by Crippen LogP contribution is 2.31. The monoisotopic (exact) mass is 408 g/mol. The number of urea groups is 1. The van der Waals surface area contributed by atoms with Crippen LogP contribution < -0.4 is 10.6 Å². The van der Waals surface area contributed by atoms with Crippen LogP contribution in [0.2, 0.25) is 5.02 Å². The Balaban J connectivity index is 1.65. The van der Waals surface area contributed by atoms with Crippen molar-refractivity contribution in [3.05, 3.63) is 77.6 Å². The molecule has 0 aliphatic heterocycles. The molecule has 0 bridgehead atoms. The van der Waals surface area contributed by atoms with E-state index in [4.69, 9.17) is 11.6 Å². The Morgan fingerprint density at radius 2 is 1.66 bits per heavy atom. The van der Waals surface area contributed by atoms with E-state index in [1.54, 1.807) is 30.3 Å². The number of H-pyrrole nitrogens is 1. The van der Waals surface area contributed by atoms with E-state index in [1.807, 2.05) is 24.3 Å². The van der Waals surface area contributed by atoms with Crippen LogP contribution in [0.15, 0.2) is 66.7 Å². The molecule has 1 aromatic heterocycles. The predicted octanol–water partition coefficient (Wildman–Crippen LogP) is 4.97. The molecule has 4 aromatic rings. The first-order valence-electron chi connectivity index (χ1n) is 8.56. The lowest BCUT2D eigenvalue weighted by molar-refractivity contribution is 0.262. The van der Waals surface area contributed by atoms with Crippen molar-refractivity contribution in [1.82, 2.24) is 20.6 Å². The van der Waals surface area contributed by atoms with E-state index in [9.17, 15) is 9.18 Å². The van der Waals surface area contributed by atoms with Crippen molar-refractivity contribution in [2.75, 3.05) is 10.6 Å². The van der Waals surface area contributed by atoms with Crippen molar-refractivity contribution in [2.24, 2.45) is 0 Å². The third-order valence-corrected chi connectivity index (χ3v) is 4.41. The van der Waals surface area contributed by atoms with Gasteiger partial charge in [0.1, 0.15) is 5.82 Å². The summed E-state index contributed by atoms with van der Waals surface area (Å²) in [4.78, 5) is 12.4. The Kier molecular flexibility index (Phi) is 5.17. The number of benzene rings is 3. The lowest BCUT2D eigenvalue weighted by Gasteiger charge is -2.12. The molecule has 4 rings (SSSR count). The molecule has 0 fully saturated rings. The Morgan fingerprint density at radius 1 is 0.931 bits per heavy atom. The summed E-state index contributed by atoms with van der Waals surface area (Å²) in [7, 11) is 0. The number of anilines is 2. The van der Waals surface area contributed by atoms with Crippen molar-refractivity contribution in [1.29, 1.82) is 0 Å². The third-order valence-electron chi connectivity index (χ3n) is 4.15. The molecule has 144 valence electrons. The molecule has 0 aliphatic carbocycles. The van der Waals surface area contributed by atoms with Gasteiger partial charge in [-0.05, 0) is 52.7 Å². The number of carbonyl (C=O) groups is 1. The molecule has 3 N–H and O–H groups in total. The van der Waals surface area contributed by atoms with E-state index < -0.39 is 11.8 Å². The van der Waals surface area contributed by atoms with E-state index in [-0.39, 0.29) is 5.69 Å². The SMILES string of the molecule is O=C(Nc1ccccc1F)Nc1ccc(-c2ccc(Cl)cc2)cc1-c1nn[nH]n1. The van der Waals surface area contributed by atoms with E-state index in [0.717, 1.165) is 11.1 Å². The quantitative estimate of drug-likeness (QED) is 0.444. The lowest BCUT2D eigenvalue weighted by atomic mass is 10.0. The van der Waals surface area contributed by atoms with Crippen molar-refractivity contribution >= 4 is 29.0 Å². The summed E-state index contributed by atoms with van der Waals surface area (Å²) >= 11 is 5.96. The zero-order valence-corrected chi connectivity index (χ0v) is 15.6. The summed E-state index contributed by atoms with van der Waals surface area (Å²) in [6.45, 7) is 0. The maximum Gasteiger partial charge on any atom is 0.323 e. The minimum atomic E-state index is -0.598. The number of carbonyl (C=O) groups excluding carboxylic acids is 1. The van der Waals surface area contributed by atoms with Gasteiger partial charge in [0.2, 0.25) is 5.82 Å². The van der Waals surface area contributed by atoms with Gasteiger partial charge in [-0.1, -0.05) is 41.9 Å². The Morgan fingerprint density at radius 3 is 2.38 bits per heavy atom. The number of nitrogens with one attached hydrogen (secondary N) is 3. The molecular weight excluding hydrogens is 395 g/mol. The van der Waals surface area contributed by atoms with Crippen LogP contribution in [0.1, 0.15) is 0 Å². The van der Waals surface area contributed by atoms with Gasteiger partial charge in [0.25, 0.3) is 0 Å². The summed E-state index contributed by atoms with van der Waals surface area (Å²) in [5, 5.41) is 19.8. The van der Waals surface area contributed by atoms with Crippen molar-refractivity contribution in [3.8, 4) is 22.5 Å². The molecule has 0 unspecified atom stereocenters. The smallest absolute Gasteiger partial charge is 0.307 e. The van der Waals surface area contributed by atoms with Gasteiger partial charge < -0.3 is 10.6 Å². The number of para-hydroxylation sites is 1. The highest BCUT2D eigenvalue weighted by atomic mass is 35.5. The molecule has 9 heteroatoms. The van der Waals surface area contributed by atoms with Crippen LogP contribution in [-0.2, 0) is 0 Å². The second-order valence-corrected chi connectivity index (χ2v) is 6.50. The average molecular weight is 409 g/mol. The molecule has 0 aliphatic rings. The molecule has 0 radical (unpaired) electrons. The second kappa shape index (κ2) is 8.07. The highest BCUT2D eigenvalue weighted by molar-refractivity contribution is 6.30. The second-order valence-electron chi connectivity index (χ2n) is 6.06. The fraction of sp³-hybridized carbons (Fsp3) is 0. The molecule has 7 nitrogen and oxygen atoms in total. The number of rotatable bonds is 4. The maximum absolute atomic E-state index is 13.8. The van der Waals surface area contributed by atoms with Crippen LogP contribution in [0.25, 0.3) is 22.5 Å². The molecular formula is C20H14ClFN6O. The maximum atomic E-state index is 13.8. The normalized spacial score (nSPS) is 10.6. The summed E-state index contributed by atoms with van der Waals surface area (Å²) < 4.78 is 13.8. The van der Waals surface area contributed by atoms with Gasteiger partial charge in [0.05, 0.1) is 11.4 Å². The fourth-order valence-electron chi connectivity index (χ4n) is 2.77.